The van der Waals surface area contributed by atoms with Crippen molar-refractivity contribution >= 4 is 11.7 Å². The largest absolute Gasteiger partial charge is 0.496 e. The second-order valence-electron chi connectivity index (χ2n) is 7.73. The lowest BCUT2D eigenvalue weighted by Crippen LogP contribution is -2.39. The molecule has 0 aliphatic carbocycles. The Bertz CT molecular complexity index is 659. The Morgan fingerprint density at radius 1 is 1.11 bits per heavy atom. The Kier molecular flexibility index (Phi) is 8.97. The third-order valence-corrected chi connectivity index (χ3v) is 5.78. The summed E-state index contributed by atoms with van der Waals surface area (Å²) in [7, 11) is 1.62. The highest BCUT2D eigenvalue weighted by atomic mass is 16.5. The number of Topliss-reactive ketones (excluding diaryl/α,β-unsaturated/α-hetero) is 1. The molecule has 1 aromatic rings. The summed E-state index contributed by atoms with van der Waals surface area (Å²) in [6.07, 6.45) is 5.15. The minimum absolute atomic E-state index is 0.0181. The topological polar surface area (TPSA) is 49.9 Å². The molecule has 0 saturated carbocycles. The fraction of sp³-hybridized carbons (Fsp3) is 0.652. The van der Waals surface area contributed by atoms with E-state index in [1.165, 1.54) is 12.8 Å². The van der Waals surface area contributed by atoms with Crippen LogP contribution in [-0.4, -0.2) is 60.8 Å². The Morgan fingerprint density at radius 2 is 1.89 bits per heavy atom. The van der Waals surface area contributed by atoms with Gasteiger partial charge in [-0.3, -0.25) is 14.5 Å². The Morgan fingerprint density at radius 3 is 2.54 bits per heavy atom. The molecule has 1 amide bonds. The third kappa shape index (κ3) is 6.06. The molecule has 0 N–H and O–H groups in total. The molecule has 1 saturated heterocycles. The van der Waals surface area contributed by atoms with Crippen LogP contribution in [0.3, 0.4) is 0 Å². The van der Waals surface area contributed by atoms with Crippen LogP contribution in [0.5, 0.6) is 5.75 Å². The minimum atomic E-state index is 0.0181. The van der Waals surface area contributed by atoms with Crippen LogP contribution in [-0.2, 0) is 4.79 Å². The third-order valence-electron chi connectivity index (χ3n) is 5.78. The summed E-state index contributed by atoms with van der Waals surface area (Å²) in [6, 6.07) is 6.06. The zero-order valence-electron chi connectivity index (χ0n) is 18.0. The van der Waals surface area contributed by atoms with Gasteiger partial charge in [0.05, 0.1) is 7.11 Å². The van der Waals surface area contributed by atoms with Gasteiger partial charge in [0.2, 0.25) is 5.91 Å². The number of aryl methyl sites for hydroxylation is 1. The van der Waals surface area contributed by atoms with Gasteiger partial charge in [0, 0.05) is 50.6 Å². The van der Waals surface area contributed by atoms with E-state index >= 15 is 0 Å². The number of nitrogens with zero attached hydrogens (tertiary/aromatic N) is 2. The van der Waals surface area contributed by atoms with E-state index < -0.39 is 0 Å². The van der Waals surface area contributed by atoms with E-state index in [0.29, 0.717) is 11.6 Å². The molecular formula is C23H36N2O3. The number of benzene rings is 1. The first-order valence-corrected chi connectivity index (χ1v) is 10.7. The molecule has 1 aromatic carbocycles. The molecule has 1 aliphatic rings. The highest BCUT2D eigenvalue weighted by molar-refractivity contribution is 5.98. The number of amides is 1. The number of ketones is 1. The Hall–Kier alpha value is -1.88. The Balaban J connectivity index is 1.85. The summed E-state index contributed by atoms with van der Waals surface area (Å²) >= 11 is 0. The van der Waals surface area contributed by atoms with Gasteiger partial charge in [0.1, 0.15) is 5.75 Å². The van der Waals surface area contributed by atoms with E-state index in [1.807, 2.05) is 24.0 Å². The van der Waals surface area contributed by atoms with Gasteiger partial charge in [-0.25, -0.2) is 0 Å². The maximum absolute atomic E-state index is 12.7. The van der Waals surface area contributed by atoms with Crippen LogP contribution in [0.15, 0.2) is 18.2 Å². The van der Waals surface area contributed by atoms with E-state index in [4.69, 9.17) is 4.74 Å². The molecule has 2 rings (SSSR count). The van der Waals surface area contributed by atoms with Gasteiger partial charge in [-0.05, 0) is 49.9 Å². The van der Waals surface area contributed by atoms with Gasteiger partial charge in [-0.15, -0.1) is 0 Å². The van der Waals surface area contributed by atoms with Crippen molar-refractivity contribution in [2.45, 2.75) is 65.3 Å². The van der Waals surface area contributed by atoms with Crippen molar-refractivity contribution in [3.8, 4) is 5.75 Å². The maximum Gasteiger partial charge on any atom is 0.223 e. The molecule has 1 unspecified atom stereocenters. The zero-order chi connectivity index (χ0) is 20.5. The first-order valence-electron chi connectivity index (χ1n) is 10.7. The maximum atomic E-state index is 12.7. The van der Waals surface area contributed by atoms with E-state index in [2.05, 4.69) is 18.7 Å². The molecule has 5 nitrogen and oxygen atoms in total. The van der Waals surface area contributed by atoms with Crippen molar-refractivity contribution in [1.82, 2.24) is 9.80 Å². The molecule has 1 heterocycles. The number of carbonyl (C=O) groups excluding carboxylic acids is 2. The monoisotopic (exact) mass is 388 g/mol. The summed E-state index contributed by atoms with van der Waals surface area (Å²) in [5.41, 5.74) is 1.59. The summed E-state index contributed by atoms with van der Waals surface area (Å²) < 4.78 is 5.24. The van der Waals surface area contributed by atoms with Gasteiger partial charge in [-0.1, -0.05) is 20.3 Å². The lowest BCUT2D eigenvalue weighted by atomic mass is 10.0. The number of rotatable bonds is 9. The summed E-state index contributed by atoms with van der Waals surface area (Å²) in [6.45, 7) is 9.98. The normalized spacial score (nSPS) is 16.5. The fourth-order valence-corrected chi connectivity index (χ4v) is 4.10. The second kappa shape index (κ2) is 11.2. The highest BCUT2D eigenvalue weighted by Gasteiger charge is 2.23. The molecule has 0 spiro atoms. The molecule has 1 fully saturated rings. The van der Waals surface area contributed by atoms with Crippen molar-refractivity contribution in [3.63, 3.8) is 0 Å². The lowest BCUT2D eigenvalue weighted by Gasteiger charge is -2.29. The van der Waals surface area contributed by atoms with Crippen LogP contribution in [0.4, 0.5) is 0 Å². The quantitative estimate of drug-likeness (QED) is 0.598. The molecule has 0 radical (unpaired) electrons. The van der Waals surface area contributed by atoms with Crippen LogP contribution in [0.25, 0.3) is 0 Å². The van der Waals surface area contributed by atoms with E-state index in [0.717, 1.165) is 50.3 Å². The number of hydrogen-bond donors (Lipinski definition) is 0. The van der Waals surface area contributed by atoms with Crippen LogP contribution >= 0.6 is 0 Å². The van der Waals surface area contributed by atoms with Crippen LogP contribution in [0.2, 0.25) is 0 Å². The Labute approximate surface area is 170 Å². The van der Waals surface area contributed by atoms with Gasteiger partial charge in [0.15, 0.2) is 5.78 Å². The van der Waals surface area contributed by atoms with Gasteiger partial charge in [0.25, 0.3) is 0 Å². The van der Waals surface area contributed by atoms with Crippen LogP contribution in [0.1, 0.15) is 68.3 Å². The van der Waals surface area contributed by atoms with Gasteiger partial charge < -0.3 is 9.64 Å². The number of methoxy groups -OCH3 is 1. The molecule has 5 heteroatoms. The number of hydrogen-bond acceptors (Lipinski definition) is 4. The van der Waals surface area contributed by atoms with Crippen molar-refractivity contribution in [1.29, 1.82) is 0 Å². The summed E-state index contributed by atoms with van der Waals surface area (Å²) in [5, 5.41) is 0. The first kappa shape index (κ1) is 22.4. The lowest BCUT2D eigenvalue weighted by molar-refractivity contribution is -0.131. The van der Waals surface area contributed by atoms with Gasteiger partial charge in [-0.2, -0.15) is 0 Å². The average Bonchev–Trinajstić information content (AvgIpc) is 2.96. The van der Waals surface area contributed by atoms with Crippen molar-refractivity contribution in [2.75, 3.05) is 33.3 Å². The molecular weight excluding hydrogens is 352 g/mol. The van der Waals surface area contributed by atoms with E-state index in [-0.39, 0.29) is 24.5 Å². The van der Waals surface area contributed by atoms with E-state index in [9.17, 15) is 9.59 Å². The SMILES string of the molecule is CCCC(CC)N1CCCN(C(=O)CCC(=O)c2ccc(OC)c(C)c2)CC1. The molecule has 1 atom stereocenters. The predicted molar refractivity (Wildman–Crippen MR) is 113 cm³/mol. The van der Waals surface area contributed by atoms with Crippen molar-refractivity contribution < 1.29 is 14.3 Å². The summed E-state index contributed by atoms with van der Waals surface area (Å²) in [4.78, 5) is 29.6. The standard InChI is InChI=1S/C23H36N2O3/c1-5-8-20(6-2)24-13-7-14-25(16-15-24)23(27)12-10-21(26)19-9-11-22(28-4)18(3)17-19/h9,11,17,20H,5-8,10,12-16H2,1-4H3. The average molecular weight is 389 g/mol. The van der Waals surface area contributed by atoms with Crippen molar-refractivity contribution in [2.24, 2.45) is 0 Å². The number of carbonyl (C=O) groups is 2. The fourth-order valence-electron chi connectivity index (χ4n) is 4.10. The van der Waals surface area contributed by atoms with E-state index in [1.54, 1.807) is 13.2 Å². The molecule has 28 heavy (non-hydrogen) atoms. The molecule has 156 valence electrons. The summed E-state index contributed by atoms with van der Waals surface area (Å²) in [5.74, 6) is 0.892. The van der Waals surface area contributed by atoms with Crippen molar-refractivity contribution in [3.05, 3.63) is 29.3 Å². The van der Waals surface area contributed by atoms with Crippen LogP contribution in [0, 0.1) is 6.92 Å². The highest BCUT2D eigenvalue weighted by Crippen LogP contribution is 2.20. The first-order chi connectivity index (χ1) is 13.5. The zero-order valence-corrected chi connectivity index (χ0v) is 18.0. The van der Waals surface area contributed by atoms with Gasteiger partial charge >= 0.3 is 0 Å². The second-order valence-corrected chi connectivity index (χ2v) is 7.73. The number of ether oxygens (including phenoxy) is 1. The van der Waals surface area contributed by atoms with Crippen LogP contribution < -0.4 is 4.74 Å². The smallest absolute Gasteiger partial charge is 0.223 e. The molecule has 0 aromatic heterocycles. The minimum Gasteiger partial charge on any atom is -0.496 e. The molecule has 0 bridgehead atoms. The predicted octanol–water partition coefficient (Wildman–Crippen LogP) is 4.08. The molecule has 1 aliphatic heterocycles.